The molecule has 5 heteroatoms. The lowest BCUT2D eigenvalue weighted by Crippen LogP contribution is -2.22. The van der Waals surface area contributed by atoms with Crippen LogP contribution in [0, 0.1) is 5.92 Å². The van der Waals surface area contributed by atoms with Gasteiger partial charge in [0.15, 0.2) is 11.6 Å². The Morgan fingerprint density at radius 3 is 2.74 bits per heavy atom. The van der Waals surface area contributed by atoms with E-state index in [1.165, 1.54) is 7.11 Å². The van der Waals surface area contributed by atoms with E-state index in [-0.39, 0.29) is 17.9 Å². The molecule has 1 fully saturated rings. The molecule has 126 valence electrons. The summed E-state index contributed by atoms with van der Waals surface area (Å²) in [5.41, 5.74) is 2.38. The fourth-order valence-electron chi connectivity index (χ4n) is 3.73. The van der Waals surface area contributed by atoms with Crippen molar-refractivity contribution in [3.63, 3.8) is 0 Å². The summed E-state index contributed by atoms with van der Waals surface area (Å²) in [6.45, 7) is 4.25. The van der Waals surface area contributed by atoms with E-state index in [4.69, 9.17) is 14.2 Å². The lowest BCUT2D eigenvalue weighted by molar-refractivity contribution is -0.143. The SMILES string of the molecule is COC(=O)C1C2=C(CCCC2)C(=O)/C1=C/CC1COC(C)(C)O1. The van der Waals surface area contributed by atoms with Gasteiger partial charge in [0.1, 0.15) is 5.92 Å². The monoisotopic (exact) mass is 320 g/mol. The van der Waals surface area contributed by atoms with E-state index in [0.29, 0.717) is 18.6 Å². The zero-order valence-corrected chi connectivity index (χ0v) is 14.0. The van der Waals surface area contributed by atoms with Crippen molar-refractivity contribution in [1.82, 2.24) is 0 Å². The van der Waals surface area contributed by atoms with Crippen molar-refractivity contribution in [3.05, 3.63) is 22.8 Å². The maximum atomic E-state index is 12.7. The standard InChI is InChI=1S/C18H24O5/c1-18(2)22-10-11(23-18)8-9-14-15(17(20)21-3)12-6-4-5-7-13(12)16(14)19/h9,11,15H,4-8,10H2,1-3H3/b14-9+. The number of carbonyl (C=O) groups is 2. The quantitative estimate of drug-likeness (QED) is 0.591. The molecule has 0 amide bonds. The number of ether oxygens (including phenoxy) is 3. The van der Waals surface area contributed by atoms with Crippen LogP contribution in [0.3, 0.4) is 0 Å². The highest BCUT2D eigenvalue weighted by Gasteiger charge is 2.42. The second-order valence-electron chi connectivity index (χ2n) is 6.84. The van der Waals surface area contributed by atoms with Gasteiger partial charge in [0.05, 0.1) is 19.8 Å². The molecule has 0 aromatic rings. The molecule has 5 nitrogen and oxygen atoms in total. The highest BCUT2D eigenvalue weighted by molar-refractivity contribution is 6.16. The lowest BCUT2D eigenvalue weighted by Gasteiger charge is -2.18. The van der Waals surface area contributed by atoms with E-state index in [2.05, 4.69) is 0 Å². The van der Waals surface area contributed by atoms with Gasteiger partial charge in [-0.3, -0.25) is 9.59 Å². The van der Waals surface area contributed by atoms with Crippen LogP contribution in [0.1, 0.15) is 46.0 Å². The van der Waals surface area contributed by atoms with Gasteiger partial charge < -0.3 is 14.2 Å². The maximum Gasteiger partial charge on any atom is 0.317 e. The molecule has 3 rings (SSSR count). The molecule has 0 spiro atoms. The van der Waals surface area contributed by atoms with Crippen LogP contribution >= 0.6 is 0 Å². The Morgan fingerprint density at radius 1 is 1.35 bits per heavy atom. The molecular weight excluding hydrogens is 296 g/mol. The third-order valence-electron chi connectivity index (χ3n) is 4.81. The fraction of sp³-hybridized carbons (Fsp3) is 0.667. The zero-order valence-electron chi connectivity index (χ0n) is 14.0. The molecule has 1 aliphatic heterocycles. The Balaban J connectivity index is 1.81. The summed E-state index contributed by atoms with van der Waals surface area (Å²) in [5, 5.41) is 0. The van der Waals surface area contributed by atoms with Crippen LogP contribution in [-0.4, -0.2) is 37.4 Å². The molecular formula is C18H24O5. The fourth-order valence-corrected chi connectivity index (χ4v) is 3.73. The number of carbonyl (C=O) groups excluding carboxylic acids is 2. The van der Waals surface area contributed by atoms with Crippen LogP contribution in [0.2, 0.25) is 0 Å². The molecule has 0 aromatic carbocycles. The summed E-state index contributed by atoms with van der Waals surface area (Å²) in [6, 6.07) is 0. The molecule has 0 aromatic heterocycles. The zero-order chi connectivity index (χ0) is 16.6. The van der Waals surface area contributed by atoms with Crippen molar-refractivity contribution in [2.75, 3.05) is 13.7 Å². The molecule has 3 aliphatic rings. The first-order valence-electron chi connectivity index (χ1n) is 8.29. The molecule has 2 atom stereocenters. The Labute approximate surface area is 136 Å². The van der Waals surface area contributed by atoms with Crippen LogP contribution < -0.4 is 0 Å². The Kier molecular flexibility index (Phi) is 4.43. The van der Waals surface area contributed by atoms with E-state index >= 15 is 0 Å². The second-order valence-corrected chi connectivity index (χ2v) is 6.84. The summed E-state index contributed by atoms with van der Waals surface area (Å²) < 4.78 is 16.3. The smallest absolute Gasteiger partial charge is 0.317 e. The molecule has 1 saturated heterocycles. The summed E-state index contributed by atoms with van der Waals surface area (Å²) in [5.74, 6) is -1.41. The van der Waals surface area contributed by atoms with E-state index in [9.17, 15) is 9.59 Å². The minimum absolute atomic E-state index is 0.0216. The highest BCUT2D eigenvalue weighted by atomic mass is 16.7. The van der Waals surface area contributed by atoms with Crippen LogP contribution in [0.5, 0.6) is 0 Å². The first kappa shape index (κ1) is 16.4. The number of rotatable bonds is 3. The van der Waals surface area contributed by atoms with Crippen LogP contribution in [-0.2, 0) is 23.8 Å². The van der Waals surface area contributed by atoms with Crippen LogP contribution in [0.15, 0.2) is 22.8 Å². The van der Waals surface area contributed by atoms with E-state index < -0.39 is 11.7 Å². The molecule has 0 saturated carbocycles. The van der Waals surface area contributed by atoms with Gasteiger partial charge in [0, 0.05) is 11.1 Å². The average molecular weight is 320 g/mol. The number of ketones is 1. The molecule has 2 aliphatic carbocycles. The first-order chi connectivity index (χ1) is 10.9. The number of hydrogen-bond acceptors (Lipinski definition) is 5. The van der Waals surface area contributed by atoms with Gasteiger partial charge in [0.2, 0.25) is 0 Å². The number of Topliss-reactive ketones (excluding diaryl/α,β-unsaturated/α-hetero) is 1. The highest BCUT2D eigenvalue weighted by Crippen LogP contribution is 2.43. The minimum Gasteiger partial charge on any atom is -0.468 e. The predicted octanol–water partition coefficient (Wildman–Crippen LogP) is 2.70. The summed E-state index contributed by atoms with van der Waals surface area (Å²) in [7, 11) is 1.38. The number of esters is 1. The van der Waals surface area contributed by atoms with Crippen LogP contribution in [0.4, 0.5) is 0 Å². The number of allylic oxidation sites excluding steroid dienone is 1. The van der Waals surface area contributed by atoms with Crippen molar-refractivity contribution >= 4 is 11.8 Å². The predicted molar refractivity (Wildman–Crippen MR) is 83.6 cm³/mol. The molecule has 23 heavy (non-hydrogen) atoms. The van der Waals surface area contributed by atoms with Crippen molar-refractivity contribution in [2.45, 2.75) is 57.8 Å². The Morgan fingerprint density at radius 2 is 2.09 bits per heavy atom. The average Bonchev–Trinajstić information content (AvgIpc) is 3.02. The third-order valence-corrected chi connectivity index (χ3v) is 4.81. The van der Waals surface area contributed by atoms with E-state index in [0.717, 1.165) is 36.8 Å². The molecule has 2 unspecified atom stereocenters. The minimum atomic E-state index is -0.581. The van der Waals surface area contributed by atoms with Crippen molar-refractivity contribution in [3.8, 4) is 0 Å². The molecule has 0 N–H and O–H groups in total. The molecule has 0 bridgehead atoms. The van der Waals surface area contributed by atoms with Gasteiger partial charge in [-0.05, 0) is 51.5 Å². The Bertz CT molecular complexity index is 584. The lowest BCUT2D eigenvalue weighted by atomic mass is 9.88. The molecule has 0 radical (unpaired) electrons. The van der Waals surface area contributed by atoms with Crippen molar-refractivity contribution in [1.29, 1.82) is 0 Å². The molecule has 1 heterocycles. The second kappa shape index (κ2) is 6.21. The van der Waals surface area contributed by atoms with Gasteiger partial charge in [-0.15, -0.1) is 0 Å². The van der Waals surface area contributed by atoms with Gasteiger partial charge >= 0.3 is 5.97 Å². The normalized spacial score (nSPS) is 31.6. The van der Waals surface area contributed by atoms with Gasteiger partial charge in [0.25, 0.3) is 0 Å². The third kappa shape index (κ3) is 3.12. The number of methoxy groups -OCH3 is 1. The topological polar surface area (TPSA) is 61.8 Å². The maximum absolute atomic E-state index is 12.7. The van der Waals surface area contributed by atoms with Gasteiger partial charge in [-0.2, -0.15) is 0 Å². The van der Waals surface area contributed by atoms with Gasteiger partial charge in [-0.1, -0.05) is 6.08 Å². The largest absolute Gasteiger partial charge is 0.468 e. The van der Waals surface area contributed by atoms with Crippen molar-refractivity contribution < 1.29 is 23.8 Å². The number of hydrogen-bond donors (Lipinski definition) is 0. The summed E-state index contributed by atoms with van der Waals surface area (Å²) in [6.07, 6.45) is 5.97. The summed E-state index contributed by atoms with van der Waals surface area (Å²) >= 11 is 0. The van der Waals surface area contributed by atoms with Crippen molar-refractivity contribution in [2.24, 2.45) is 5.92 Å². The first-order valence-corrected chi connectivity index (χ1v) is 8.29. The van der Waals surface area contributed by atoms with E-state index in [1.807, 2.05) is 19.9 Å². The van der Waals surface area contributed by atoms with Gasteiger partial charge in [-0.25, -0.2) is 0 Å². The van der Waals surface area contributed by atoms with E-state index in [1.54, 1.807) is 0 Å². The Hall–Kier alpha value is -1.46. The summed E-state index contributed by atoms with van der Waals surface area (Å²) in [4.78, 5) is 24.9. The van der Waals surface area contributed by atoms with Crippen LogP contribution in [0.25, 0.3) is 0 Å².